The molecule has 0 aliphatic heterocycles. The second-order valence-electron chi connectivity index (χ2n) is 3.78. The molecule has 1 aromatic rings. The van der Waals surface area contributed by atoms with Crippen LogP contribution in [-0.4, -0.2) is 23.7 Å². The normalized spacial score (nSPS) is 12.2. The van der Waals surface area contributed by atoms with Crippen LogP contribution in [0.5, 0.6) is 0 Å². The van der Waals surface area contributed by atoms with Crippen LogP contribution >= 0.6 is 27.5 Å². The molecular formula is C12H15BrClNO2. The third kappa shape index (κ3) is 4.66. The summed E-state index contributed by atoms with van der Waals surface area (Å²) < 4.78 is 0.646. The highest BCUT2D eigenvalue weighted by atomic mass is 79.9. The van der Waals surface area contributed by atoms with Crippen LogP contribution < -0.4 is 5.32 Å². The Morgan fingerprint density at radius 3 is 2.88 bits per heavy atom. The fraction of sp³-hybridized carbons (Fsp3) is 0.417. The molecule has 0 aliphatic carbocycles. The predicted octanol–water partition coefficient (Wildman–Crippen LogP) is 2.99. The monoisotopic (exact) mass is 319 g/mol. The molecule has 17 heavy (non-hydrogen) atoms. The topological polar surface area (TPSA) is 49.3 Å². The van der Waals surface area contributed by atoms with E-state index in [4.69, 9.17) is 11.6 Å². The number of halogens is 2. The maximum absolute atomic E-state index is 11.8. The van der Waals surface area contributed by atoms with Gasteiger partial charge >= 0.3 is 0 Å². The van der Waals surface area contributed by atoms with E-state index in [0.717, 1.165) is 6.42 Å². The van der Waals surface area contributed by atoms with Gasteiger partial charge in [0, 0.05) is 16.0 Å². The molecule has 0 spiro atoms. The number of amides is 1. The summed E-state index contributed by atoms with van der Waals surface area (Å²) in [6.45, 7) is 2.25. The van der Waals surface area contributed by atoms with E-state index >= 15 is 0 Å². The van der Waals surface area contributed by atoms with Crippen molar-refractivity contribution in [2.75, 3.05) is 6.54 Å². The number of benzene rings is 1. The van der Waals surface area contributed by atoms with Crippen molar-refractivity contribution in [3.8, 4) is 0 Å². The number of aliphatic hydroxyl groups is 1. The zero-order valence-corrected chi connectivity index (χ0v) is 11.9. The highest BCUT2D eigenvalue weighted by Gasteiger charge is 2.11. The second-order valence-corrected chi connectivity index (χ2v) is 5.07. The minimum atomic E-state index is -0.491. The number of carbonyl (C=O) groups excluding carboxylic acids is 1. The van der Waals surface area contributed by atoms with Gasteiger partial charge in [0.15, 0.2) is 0 Å². The third-order valence-electron chi connectivity index (χ3n) is 2.30. The minimum absolute atomic E-state index is 0.219. The first-order valence-corrected chi connectivity index (χ1v) is 6.63. The van der Waals surface area contributed by atoms with Gasteiger partial charge in [0.1, 0.15) is 0 Å². The Morgan fingerprint density at radius 1 is 1.59 bits per heavy atom. The molecule has 2 N–H and O–H groups in total. The molecule has 0 fully saturated rings. The van der Waals surface area contributed by atoms with Gasteiger partial charge in [-0.3, -0.25) is 4.79 Å². The van der Waals surface area contributed by atoms with Crippen LogP contribution in [0, 0.1) is 0 Å². The number of hydrogen-bond acceptors (Lipinski definition) is 2. The van der Waals surface area contributed by atoms with Crippen LogP contribution in [0.25, 0.3) is 0 Å². The minimum Gasteiger partial charge on any atom is -0.391 e. The van der Waals surface area contributed by atoms with Crippen molar-refractivity contribution in [2.45, 2.75) is 25.9 Å². The van der Waals surface area contributed by atoms with Crippen LogP contribution in [0.15, 0.2) is 22.7 Å². The molecule has 0 heterocycles. The molecule has 1 atom stereocenters. The van der Waals surface area contributed by atoms with Crippen LogP contribution in [0.2, 0.25) is 5.02 Å². The average Bonchev–Trinajstić information content (AvgIpc) is 2.26. The maximum Gasteiger partial charge on any atom is 0.252 e. The van der Waals surface area contributed by atoms with Crippen molar-refractivity contribution in [1.29, 1.82) is 0 Å². The SMILES string of the molecule is CCCC(O)CNC(=O)c1ccc(Cl)cc1Br. The van der Waals surface area contributed by atoms with E-state index in [2.05, 4.69) is 21.2 Å². The predicted molar refractivity (Wildman–Crippen MR) is 72.4 cm³/mol. The molecule has 94 valence electrons. The molecule has 0 aromatic heterocycles. The molecule has 0 radical (unpaired) electrons. The molecule has 0 saturated carbocycles. The van der Waals surface area contributed by atoms with Gasteiger partial charge in [-0.1, -0.05) is 24.9 Å². The Kier molecular flexibility index (Phi) is 5.95. The summed E-state index contributed by atoms with van der Waals surface area (Å²) in [5.74, 6) is -0.219. The van der Waals surface area contributed by atoms with Crippen LogP contribution in [0.4, 0.5) is 0 Å². The van der Waals surface area contributed by atoms with Gasteiger partial charge in [-0.05, 0) is 40.5 Å². The number of rotatable bonds is 5. The number of aliphatic hydroxyl groups excluding tert-OH is 1. The Balaban J connectivity index is 2.58. The molecule has 0 saturated heterocycles. The van der Waals surface area contributed by atoms with E-state index in [1.165, 1.54) is 0 Å². The van der Waals surface area contributed by atoms with Gasteiger partial charge in [0.2, 0.25) is 0 Å². The van der Waals surface area contributed by atoms with E-state index < -0.39 is 6.10 Å². The Bertz CT molecular complexity index is 398. The van der Waals surface area contributed by atoms with Crippen molar-refractivity contribution in [1.82, 2.24) is 5.32 Å². The molecule has 5 heteroatoms. The third-order valence-corrected chi connectivity index (χ3v) is 3.19. The zero-order chi connectivity index (χ0) is 12.8. The van der Waals surface area contributed by atoms with Crippen LogP contribution in [0.3, 0.4) is 0 Å². The summed E-state index contributed by atoms with van der Waals surface area (Å²) in [5.41, 5.74) is 0.512. The van der Waals surface area contributed by atoms with Crippen molar-refractivity contribution >= 4 is 33.4 Å². The lowest BCUT2D eigenvalue weighted by molar-refractivity contribution is 0.0909. The van der Waals surface area contributed by atoms with E-state index in [0.29, 0.717) is 21.5 Å². The van der Waals surface area contributed by atoms with E-state index in [9.17, 15) is 9.90 Å². The van der Waals surface area contributed by atoms with Crippen molar-refractivity contribution in [2.24, 2.45) is 0 Å². The van der Waals surface area contributed by atoms with Crippen LogP contribution in [-0.2, 0) is 0 Å². The standard InChI is InChI=1S/C12H15BrClNO2/c1-2-3-9(16)7-15-12(17)10-5-4-8(14)6-11(10)13/h4-6,9,16H,2-3,7H2,1H3,(H,15,17). The molecule has 1 aromatic carbocycles. The fourth-order valence-electron chi connectivity index (χ4n) is 1.41. The quantitative estimate of drug-likeness (QED) is 0.876. The first-order valence-electron chi connectivity index (χ1n) is 5.46. The molecule has 0 bridgehead atoms. The van der Waals surface area contributed by atoms with Crippen molar-refractivity contribution in [3.63, 3.8) is 0 Å². The molecule has 1 unspecified atom stereocenters. The highest BCUT2D eigenvalue weighted by Crippen LogP contribution is 2.21. The van der Waals surface area contributed by atoms with Crippen molar-refractivity contribution < 1.29 is 9.90 Å². The van der Waals surface area contributed by atoms with Crippen molar-refractivity contribution in [3.05, 3.63) is 33.3 Å². The number of carbonyl (C=O) groups is 1. The first kappa shape index (κ1) is 14.5. The maximum atomic E-state index is 11.8. The highest BCUT2D eigenvalue weighted by molar-refractivity contribution is 9.10. The van der Waals surface area contributed by atoms with Gasteiger partial charge in [-0.25, -0.2) is 0 Å². The first-order chi connectivity index (χ1) is 8.04. The summed E-state index contributed by atoms with van der Waals surface area (Å²) in [7, 11) is 0. The summed E-state index contributed by atoms with van der Waals surface area (Å²) in [5, 5.41) is 12.8. The number of nitrogens with one attached hydrogen (secondary N) is 1. The molecule has 1 amide bonds. The fourth-order valence-corrected chi connectivity index (χ4v) is 2.28. The second kappa shape index (κ2) is 6.99. The smallest absolute Gasteiger partial charge is 0.252 e. The van der Waals surface area contributed by atoms with Gasteiger partial charge in [0.25, 0.3) is 5.91 Å². The molecule has 0 aliphatic rings. The Labute approximate surface area is 114 Å². The number of hydrogen-bond donors (Lipinski definition) is 2. The lowest BCUT2D eigenvalue weighted by atomic mass is 10.2. The van der Waals surface area contributed by atoms with Gasteiger partial charge in [-0.15, -0.1) is 0 Å². The van der Waals surface area contributed by atoms with E-state index in [1.54, 1.807) is 18.2 Å². The average molecular weight is 321 g/mol. The Hall–Kier alpha value is -0.580. The molecule has 3 nitrogen and oxygen atoms in total. The molecule has 1 rings (SSSR count). The zero-order valence-electron chi connectivity index (χ0n) is 9.54. The summed E-state index contributed by atoms with van der Waals surface area (Å²) in [4.78, 5) is 11.8. The summed E-state index contributed by atoms with van der Waals surface area (Å²) in [6, 6.07) is 4.97. The van der Waals surface area contributed by atoms with E-state index in [-0.39, 0.29) is 12.5 Å². The summed E-state index contributed by atoms with van der Waals surface area (Å²) in [6.07, 6.45) is 1.08. The lowest BCUT2D eigenvalue weighted by Gasteiger charge is -2.11. The van der Waals surface area contributed by atoms with Gasteiger partial charge < -0.3 is 10.4 Å². The molecular weight excluding hydrogens is 305 g/mol. The van der Waals surface area contributed by atoms with Gasteiger partial charge in [-0.2, -0.15) is 0 Å². The van der Waals surface area contributed by atoms with Crippen LogP contribution in [0.1, 0.15) is 30.1 Å². The lowest BCUT2D eigenvalue weighted by Crippen LogP contribution is -2.32. The summed E-state index contributed by atoms with van der Waals surface area (Å²) >= 11 is 9.07. The van der Waals surface area contributed by atoms with E-state index in [1.807, 2.05) is 6.92 Å². The Morgan fingerprint density at radius 2 is 2.29 bits per heavy atom. The van der Waals surface area contributed by atoms with Gasteiger partial charge in [0.05, 0.1) is 11.7 Å². The largest absolute Gasteiger partial charge is 0.391 e.